The minimum absolute atomic E-state index is 0.0790. The first-order chi connectivity index (χ1) is 8.09. The van der Waals surface area contributed by atoms with E-state index in [1.165, 1.54) is 12.1 Å². The average molecular weight is 242 g/mol. The molecule has 0 amide bonds. The van der Waals surface area contributed by atoms with Gasteiger partial charge in [-0.15, -0.1) is 0 Å². The monoisotopic (exact) mass is 242 g/mol. The zero-order valence-electron chi connectivity index (χ0n) is 8.38. The van der Waals surface area contributed by atoms with E-state index in [-0.39, 0.29) is 11.8 Å². The Morgan fingerprint density at radius 3 is 1.82 bits per heavy atom. The number of benzene rings is 2. The quantitative estimate of drug-likeness (QED) is 0.570. The molecule has 0 N–H and O–H groups in total. The van der Waals surface area contributed by atoms with Crippen molar-refractivity contribution in [2.24, 2.45) is 0 Å². The molecule has 88 valence electrons. The highest BCUT2D eigenvalue weighted by atomic mass is 19.2. The fourth-order valence-electron chi connectivity index (χ4n) is 1.25. The molecular formula is C12H6F4O. The average Bonchev–Trinajstić information content (AvgIpc) is 2.33. The van der Waals surface area contributed by atoms with Crippen LogP contribution in [0.5, 0.6) is 11.5 Å². The Morgan fingerprint density at radius 2 is 1.29 bits per heavy atom. The van der Waals surface area contributed by atoms with E-state index in [0.717, 1.165) is 0 Å². The molecule has 0 atom stereocenters. The minimum Gasteiger partial charge on any atom is -0.451 e. The second-order valence-corrected chi connectivity index (χ2v) is 3.21. The van der Waals surface area contributed by atoms with Crippen LogP contribution in [0.4, 0.5) is 17.6 Å². The summed E-state index contributed by atoms with van der Waals surface area (Å²) < 4.78 is 56.9. The van der Waals surface area contributed by atoms with Gasteiger partial charge < -0.3 is 4.74 Å². The number of halogens is 4. The molecule has 2 rings (SSSR count). The summed E-state index contributed by atoms with van der Waals surface area (Å²) in [4.78, 5) is 0. The SMILES string of the molecule is Fc1cc(F)c(F)c(Oc2ccccc2)c1F. The van der Waals surface area contributed by atoms with E-state index in [1.54, 1.807) is 18.2 Å². The summed E-state index contributed by atoms with van der Waals surface area (Å²) in [6, 6.07) is 7.71. The van der Waals surface area contributed by atoms with Crippen LogP contribution in [-0.2, 0) is 0 Å². The zero-order valence-corrected chi connectivity index (χ0v) is 8.38. The van der Waals surface area contributed by atoms with Gasteiger partial charge in [0.05, 0.1) is 0 Å². The van der Waals surface area contributed by atoms with Crippen molar-refractivity contribution in [2.75, 3.05) is 0 Å². The Kier molecular flexibility index (Phi) is 2.99. The van der Waals surface area contributed by atoms with Gasteiger partial charge in [-0.1, -0.05) is 18.2 Å². The molecule has 17 heavy (non-hydrogen) atoms. The highest BCUT2D eigenvalue weighted by molar-refractivity contribution is 5.34. The maximum Gasteiger partial charge on any atom is 0.204 e. The summed E-state index contributed by atoms with van der Waals surface area (Å²) in [7, 11) is 0. The van der Waals surface area contributed by atoms with E-state index >= 15 is 0 Å². The first kappa shape index (κ1) is 11.4. The molecule has 0 aromatic heterocycles. The van der Waals surface area contributed by atoms with Gasteiger partial charge >= 0.3 is 0 Å². The molecule has 0 aliphatic rings. The van der Waals surface area contributed by atoms with Crippen molar-refractivity contribution in [3.05, 3.63) is 59.7 Å². The minimum atomic E-state index is -1.56. The van der Waals surface area contributed by atoms with E-state index in [4.69, 9.17) is 4.74 Å². The van der Waals surface area contributed by atoms with Gasteiger partial charge in [0.1, 0.15) is 5.75 Å². The topological polar surface area (TPSA) is 9.23 Å². The highest BCUT2D eigenvalue weighted by Gasteiger charge is 2.20. The zero-order chi connectivity index (χ0) is 12.4. The van der Waals surface area contributed by atoms with Gasteiger partial charge in [0.25, 0.3) is 0 Å². The third-order valence-electron chi connectivity index (χ3n) is 2.03. The number of rotatable bonds is 2. The molecule has 0 bridgehead atoms. The van der Waals surface area contributed by atoms with Crippen LogP contribution in [0.15, 0.2) is 36.4 Å². The van der Waals surface area contributed by atoms with Crippen LogP contribution in [0.2, 0.25) is 0 Å². The Bertz CT molecular complexity index is 514. The van der Waals surface area contributed by atoms with Crippen LogP contribution >= 0.6 is 0 Å². The lowest BCUT2D eigenvalue weighted by molar-refractivity contribution is 0.366. The fraction of sp³-hybridized carbons (Fsp3) is 0. The Labute approximate surface area is 94.3 Å². The van der Waals surface area contributed by atoms with Crippen molar-refractivity contribution in [1.29, 1.82) is 0 Å². The lowest BCUT2D eigenvalue weighted by atomic mass is 10.3. The molecule has 1 nitrogen and oxygen atoms in total. The van der Waals surface area contributed by atoms with Gasteiger partial charge in [-0.05, 0) is 12.1 Å². The Hall–Kier alpha value is -2.04. The number of hydrogen-bond acceptors (Lipinski definition) is 1. The normalized spacial score (nSPS) is 10.4. The van der Waals surface area contributed by atoms with Gasteiger partial charge in [-0.25, -0.2) is 8.78 Å². The van der Waals surface area contributed by atoms with Crippen molar-refractivity contribution in [3.8, 4) is 11.5 Å². The molecular weight excluding hydrogens is 236 g/mol. The Balaban J connectivity index is 2.46. The van der Waals surface area contributed by atoms with Crippen LogP contribution in [0.1, 0.15) is 0 Å². The molecule has 0 aliphatic carbocycles. The largest absolute Gasteiger partial charge is 0.451 e. The molecule has 0 heterocycles. The molecule has 2 aromatic carbocycles. The number of para-hydroxylation sites is 1. The van der Waals surface area contributed by atoms with Gasteiger partial charge in [0.2, 0.25) is 17.4 Å². The predicted molar refractivity (Wildman–Crippen MR) is 52.8 cm³/mol. The highest BCUT2D eigenvalue weighted by Crippen LogP contribution is 2.30. The van der Waals surface area contributed by atoms with E-state index < -0.39 is 29.0 Å². The van der Waals surface area contributed by atoms with Gasteiger partial charge in [0, 0.05) is 6.07 Å². The maximum absolute atomic E-state index is 13.2. The van der Waals surface area contributed by atoms with Crippen molar-refractivity contribution in [2.45, 2.75) is 0 Å². The first-order valence-electron chi connectivity index (χ1n) is 4.65. The lowest BCUT2D eigenvalue weighted by Crippen LogP contribution is -1.99. The molecule has 0 fully saturated rings. The van der Waals surface area contributed by atoms with Crippen LogP contribution in [0.3, 0.4) is 0 Å². The smallest absolute Gasteiger partial charge is 0.204 e. The van der Waals surface area contributed by atoms with Crippen molar-refractivity contribution in [1.82, 2.24) is 0 Å². The van der Waals surface area contributed by atoms with Gasteiger partial charge in [-0.3, -0.25) is 0 Å². The predicted octanol–water partition coefficient (Wildman–Crippen LogP) is 4.04. The van der Waals surface area contributed by atoms with Gasteiger partial charge in [0.15, 0.2) is 11.6 Å². The van der Waals surface area contributed by atoms with Crippen molar-refractivity contribution in [3.63, 3.8) is 0 Å². The molecule has 0 saturated carbocycles. The molecule has 0 aliphatic heterocycles. The standard InChI is InChI=1S/C12H6F4O/c13-8-6-9(14)11(16)12(10(8)15)17-7-4-2-1-3-5-7/h1-6H. The summed E-state index contributed by atoms with van der Waals surface area (Å²) in [5.74, 6) is -7.14. The van der Waals surface area contributed by atoms with Crippen molar-refractivity contribution < 1.29 is 22.3 Å². The molecule has 2 aromatic rings. The van der Waals surface area contributed by atoms with E-state index in [0.29, 0.717) is 0 Å². The maximum atomic E-state index is 13.2. The molecule has 0 saturated heterocycles. The fourth-order valence-corrected chi connectivity index (χ4v) is 1.25. The van der Waals surface area contributed by atoms with E-state index in [9.17, 15) is 17.6 Å². The lowest BCUT2D eigenvalue weighted by Gasteiger charge is -2.08. The summed E-state index contributed by atoms with van der Waals surface area (Å²) in [6.07, 6.45) is 0. The molecule has 0 spiro atoms. The summed E-state index contributed by atoms with van der Waals surface area (Å²) in [6.45, 7) is 0. The van der Waals surface area contributed by atoms with Gasteiger partial charge in [-0.2, -0.15) is 8.78 Å². The summed E-state index contributed by atoms with van der Waals surface area (Å²) in [5.41, 5.74) is 0. The van der Waals surface area contributed by atoms with Crippen LogP contribution < -0.4 is 4.74 Å². The number of ether oxygens (including phenoxy) is 1. The summed E-state index contributed by atoms with van der Waals surface area (Å²) in [5, 5.41) is 0. The third kappa shape index (κ3) is 2.22. The van der Waals surface area contributed by atoms with Crippen LogP contribution in [-0.4, -0.2) is 0 Å². The summed E-state index contributed by atoms with van der Waals surface area (Å²) >= 11 is 0. The Morgan fingerprint density at radius 1 is 0.765 bits per heavy atom. The van der Waals surface area contributed by atoms with Crippen LogP contribution in [0, 0.1) is 23.3 Å². The van der Waals surface area contributed by atoms with Crippen molar-refractivity contribution >= 4 is 0 Å². The van der Waals surface area contributed by atoms with Crippen LogP contribution in [0.25, 0.3) is 0 Å². The second-order valence-electron chi connectivity index (χ2n) is 3.21. The third-order valence-corrected chi connectivity index (χ3v) is 2.03. The number of hydrogen-bond donors (Lipinski definition) is 0. The van der Waals surface area contributed by atoms with E-state index in [1.807, 2.05) is 0 Å². The first-order valence-corrected chi connectivity index (χ1v) is 4.65. The molecule has 0 unspecified atom stereocenters. The molecule has 0 radical (unpaired) electrons. The second kappa shape index (κ2) is 4.45. The molecule has 5 heteroatoms. The van der Waals surface area contributed by atoms with E-state index in [2.05, 4.69) is 0 Å².